The average Bonchev–Trinajstić information content (AvgIpc) is 2.29. The fourth-order valence-corrected chi connectivity index (χ4v) is 1.84. The molecule has 110 valence electrons. The Morgan fingerprint density at radius 2 is 1.95 bits per heavy atom. The minimum absolute atomic E-state index is 0.425. The number of carbonyl (C=O) groups is 1. The molecule has 0 bridgehead atoms. The molecule has 1 heterocycles. The Kier molecular flexibility index (Phi) is 6.30. The number of nitrogens with one attached hydrogen (secondary N) is 1. The maximum atomic E-state index is 11.4. The number of alkyl carbamates (subject to hydrolysis) is 1. The van der Waals surface area contributed by atoms with E-state index in [0.717, 1.165) is 5.56 Å². The molecule has 1 amide bonds. The van der Waals surface area contributed by atoms with Crippen LogP contribution in [0.2, 0.25) is 10.0 Å². The van der Waals surface area contributed by atoms with Crippen LogP contribution >= 0.6 is 23.2 Å². The second-order valence-electron chi connectivity index (χ2n) is 5.14. The molecule has 0 saturated carbocycles. The Labute approximate surface area is 129 Å². The summed E-state index contributed by atoms with van der Waals surface area (Å²) in [5.74, 6) is 0. The smallest absolute Gasteiger partial charge is 0.407 e. The van der Waals surface area contributed by atoms with Crippen LogP contribution in [-0.2, 0) is 4.74 Å². The lowest BCUT2D eigenvalue weighted by Gasteiger charge is -2.19. The number of ether oxygens (including phenoxy) is 1. The first-order valence-electron chi connectivity index (χ1n) is 6.22. The Bertz CT molecular complexity index is 476. The minimum Gasteiger partial charge on any atom is -0.444 e. The zero-order valence-electron chi connectivity index (χ0n) is 11.7. The van der Waals surface area contributed by atoms with Crippen LogP contribution in [0.3, 0.4) is 0 Å². The van der Waals surface area contributed by atoms with Crippen molar-refractivity contribution in [2.45, 2.75) is 32.8 Å². The molecule has 0 atom stereocenters. The zero-order chi connectivity index (χ0) is 15.2. The van der Waals surface area contributed by atoms with Crippen LogP contribution in [-0.4, -0.2) is 23.2 Å². The fourth-order valence-electron chi connectivity index (χ4n) is 1.35. The first kappa shape index (κ1) is 16.8. The van der Waals surface area contributed by atoms with Crippen LogP contribution in [0.25, 0.3) is 6.08 Å². The van der Waals surface area contributed by atoms with E-state index < -0.39 is 11.7 Å². The van der Waals surface area contributed by atoms with Crippen molar-refractivity contribution in [3.05, 3.63) is 34.1 Å². The number of halogens is 2. The first-order chi connectivity index (χ1) is 9.29. The van der Waals surface area contributed by atoms with Crippen LogP contribution in [0.15, 0.2) is 18.5 Å². The Morgan fingerprint density at radius 1 is 1.35 bits per heavy atom. The van der Waals surface area contributed by atoms with Gasteiger partial charge in [-0.15, -0.1) is 0 Å². The molecule has 20 heavy (non-hydrogen) atoms. The highest BCUT2D eigenvalue weighted by atomic mass is 35.5. The lowest BCUT2D eigenvalue weighted by Crippen LogP contribution is -2.32. The van der Waals surface area contributed by atoms with Crippen LogP contribution in [0.4, 0.5) is 4.79 Å². The van der Waals surface area contributed by atoms with Crippen molar-refractivity contribution in [1.29, 1.82) is 0 Å². The van der Waals surface area contributed by atoms with Crippen molar-refractivity contribution in [3.63, 3.8) is 0 Å². The molecule has 0 radical (unpaired) electrons. The van der Waals surface area contributed by atoms with E-state index in [0.29, 0.717) is 23.0 Å². The third kappa shape index (κ3) is 6.26. The summed E-state index contributed by atoms with van der Waals surface area (Å²) in [7, 11) is 0. The van der Waals surface area contributed by atoms with E-state index in [1.807, 2.05) is 32.9 Å². The maximum absolute atomic E-state index is 11.4. The lowest BCUT2D eigenvalue weighted by atomic mass is 10.2. The van der Waals surface area contributed by atoms with Gasteiger partial charge < -0.3 is 10.1 Å². The van der Waals surface area contributed by atoms with Gasteiger partial charge in [-0.1, -0.05) is 35.4 Å². The first-order valence-corrected chi connectivity index (χ1v) is 6.97. The molecule has 6 heteroatoms. The summed E-state index contributed by atoms with van der Waals surface area (Å²) in [6.07, 6.45) is 6.98. The van der Waals surface area contributed by atoms with Crippen molar-refractivity contribution < 1.29 is 9.53 Å². The second kappa shape index (κ2) is 7.50. The molecule has 0 aromatic carbocycles. The van der Waals surface area contributed by atoms with Gasteiger partial charge in [0.15, 0.2) is 0 Å². The number of carbonyl (C=O) groups excluding carboxylic acids is 1. The SMILES string of the molecule is CC(C)(C)OC(=O)NCCC=Cc1c(Cl)cncc1Cl. The maximum Gasteiger partial charge on any atom is 0.407 e. The average molecular weight is 317 g/mol. The molecule has 1 aromatic rings. The highest BCUT2D eigenvalue weighted by molar-refractivity contribution is 6.36. The molecule has 0 saturated heterocycles. The molecule has 1 aromatic heterocycles. The Hall–Kier alpha value is -1.26. The third-order valence-corrected chi connectivity index (χ3v) is 2.76. The number of amides is 1. The Balaban J connectivity index is 2.38. The standard InChI is InChI=1S/C14H18Cl2N2O2/c1-14(2,3)20-13(19)18-7-5-4-6-10-11(15)8-17-9-12(10)16/h4,6,8-9H,5,7H2,1-3H3,(H,18,19). The van der Waals surface area contributed by atoms with Gasteiger partial charge >= 0.3 is 6.09 Å². The molecule has 4 nitrogen and oxygen atoms in total. The van der Waals surface area contributed by atoms with Gasteiger partial charge in [-0.3, -0.25) is 4.98 Å². The minimum atomic E-state index is -0.488. The molecule has 0 unspecified atom stereocenters. The van der Waals surface area contributed by atoms with E-state index >= 15 is 0 Å². The molecule has 0 aliphatic heterocycles. The molecule has 1 N–H and O–H groups in total. The third-order valence-electron chi connectivity index (χ3n) is 2.15. The summed E-state index contributed by atoms with van der Waals surface area (Å²) >= 11 is 12.0. The lowest BCUT2D eigenvalue weighted by molar-refractivity contribution is 0.0529. The molecule has 0 aliphatic rings. The van der Waals surface area contributed by atoms with Crippen LogP contribution in [0.5, 0.6) is 0 Å². The number of hydrogen-bond donors (Lipinski definition) is 1. The molecule has 1 rings (SSSR count). The van der Waals surface area contributed by atoms with Gasteiger partial charge in [0.1, 0.15) is 5.60 Å². The predicted octanol–water partition coefficient (Wildman–Crippen LogP) is 4.32. The van der Waals surface area contributed by atoms with E-state index in [1.54, 1.807) is 0 Å². The number of rotatable bonds is 4. The van der Waals surface area contributed by atoms with Gasteiger partial charge in [0.05, 0.1) is 10.0 Å². The normalized spacial score (nSPS) is 11.7. The van der Waals surface area contributed by atoms with Crippen molar-refractivity contribution >= 4 is 35.4 Å². The summed E-state index contributed by atoms with van der Waals surface area (Å²) in [4.78, 5) is 15.3. The van der Waals surface area contributed by atoms with E-state index in [9.17, 15) is 4.79 Å². The summed E-state index contributed by atoms with van der Waals surface area (Å²) in [6, 6.07) is 0. The Morgan fingerprint density at radius 3 is 2.50 bits per heavy atom. The highest BCUT2D eigenvalue weighted by Crippen LogP contribution is 2.24. The summed E-state index contributed by atoms with van der Waals surface area (Å²) in [5, 5.41) is 3.65. The monoisotopic (exact) mass is 316 g/mol. The fraction of sp³-hybridized carbons (Fsp3) is 0.429. The molecule has 0 spiro atoms. The molecular formula is C14H18Cl2N2O2. The van der Waals surface area contributed by atoms with E-state index in [2.05, 4.69) is 10.3 Å². The largest absolute Gasteiger partial charge is 0.444 e. The van der Waals surface area contributed by atoms with Crippen LogP contribution in [0.1, 0.15) is 32.8 Å². The predicted molar refractivity (Wildman–Crippen MR) is 82.1 cm³/mol. The van der Waals surface area contributed by atoms with Gasteiger partial charge in [0.2, 0.25) is 0 Å². The molecule has 0 fully saturated rings. The summed E-state index contributed by atoms with van der Waals surface area (Å²) in [6.45, 7) is 5.94. The quantitative estimate of drug-likeness (QED) is 0.842. The van der Waals surface area contributed by atoms with Gasteiger partial charge in [-0.05, 0) is 27.2 Å². The van der Waals surface area contributed by atoms with Crippen molar-refractivity contribution in [1.82, 2.24) is 10.3 Å². The molecular weight excluding hydrogens is 299 g/mol. The van der Waals surface area contributed by atoms with E-state index in [4.69, 9.17) is 27.9 Å². The van der Waals surface area contributed by atoms with Gasteiger partial charge in [-0.25, -0.2) is 4.79 Å². The van der Waals surface area contributed by atoms with Crippen LogP contribution in [0, 0.1) is 0 Å². The van der Waals surface area contributed by atoms with Crippen LogP contribution < -0.4 is 5.32 Å². The van der Waals surface area contributed by atoms with Gasteiger partial charge in [0.25, 0.3) is 0 Å². The number of nitrogens with zero attached hydrogens (tertiary/aromatic N) is 1. The summed E-state index contributed by atoms with van der Waals surface area (Å²) < 4.78 is 5.12. The van der Waals surface area contributed by atoms with Crippen molar-refractivity contribution in [2.24, 2.45) is 0 Å². The van der Waals surface area contributed by atoms with Crippen molar-refractivity contribution in [2.75, 3.05) is 6.54 Å². The van der Waals surface area contributed by atoms with Crippen molar-refractivity contribution in [3.8, 4) is 0 Å². The highest BCUT2D eigenvalue weighted by Gasteiger charge is 2.15. The second-order valence-corrected chi connectivity index (χ2v) is 5.95. The van der Waals surface area contributed by atoms with E-state index in [-0.39, 0.29) is 0 Å². The number of pyridine rings is 1. The number of hydrogen-bond acceptors (Lipinski definition) is 3. The zero-order valence-corrected chi connectivity index (χ0v) is 13.3. The van der Waals surface area contributed by atoms with Gasteiger partial charge in [-0.2, -0.15) is 0 Å². The number of aromatic nitrogens is 1. The topological polar surface area (TPSA) is 51.2 Å². The summed E-state index contributed by atoms with van der Waals surface area (Å²) in [5.41, 5.74) is 0.235. The molecule has 0 aliphatic carbocycles. The van der Waals surface area contributed by atoms with E-state index in [1.165, 1.54) is 12.4 Å². The van der Waals surface area contributed by atoms with Gasteiger partial charge in [0, 0.05) is 24.5 Å².